The second-order valence-electron chi connectivity index (χ2n) is 5.43. The Labute approximate surface area is 114 Å². The van der Waals surface area contributed by atoms with Crippen LogP contribution in [0.25, 0.3) is 10.9 Å². The van der Waals surface area contributed by atoms with Crippen molar-refractivity contribution in [2.24, 2.45) is 5.92 Å². The zero-order valence-corrected chi connectivity index (χ0v) is 11.5. The number of hydrogen-bond acceptors (Lipinski definition) is 3. The molecule has 2 heterocycles. The fourth-order valence-corrected chi connectivity index (χ4v) is 3.05. The van der Waals surface area contributed by atoms with Gasteiger partial charge in [0.1, 0.15) is 0 Å². The molecule has 0 radical (unpaired) electrons. The second kappa shape index (κ2) is 5.68. The normalized spacial score (nSPS) is 20.2. The number of likely N-dealkylation sites (tertiary alicyclic amines) is 1. The molecule has 0 aliphatic carbocycles. The van der Waals surface area contributed by atoms with Crippen molar-refractivity contribution in [2.75, 3.05) is 26.7 Å². The molecule has 19 heavy (non-hydrogen) atoms. The first-order valence-electron chi connectivity index (χ1n) is 7.06. The SMILES string of the molecule is CNCC1CCN(Cc2ccnc3ccccc23)C1. The molecule has 1 fully saturated rings. The molecule has 1 aromatic heterocycles. The molecule has 1 unspecified atom stereocenters. The summed E-state index contributed by atoms with van der Waals surface area (Å²) in [6.07, 6.45) is 3.24. The number of nitrogens with one attached hydrogen (secondary N) is 1. The number of hydrogen-bond donors (Lipinski definition) is 1. The maximum Gasteiger partial charge on any atom is 0.0705 e. The third-order valence-electron chi connectivity index (χ3n) is 4.00. The molecule has 0 saturated carbocycles. The molecule has 3 nitrogen and oxygen atoms in total. The molecule has 0 spiro atoms. The van der Waals surface area contributed by atoms with Crippen molar-refractivity contribution in [1.29, 1.82) is 0 Å². The lowest BCUT2D eigenvalue weighted by molar-refractivity contribution is 0.316. The monoisotopic (exact) mass is 255 g/mol. The van der Waals surface area contributed by atoms with E-state index in [9.17, 15) is 0 Å². The third kappa shape index (κ3) is 2.77. The number of nitrogens with zero attached hydrogens (tertiary/aromatic N) is 2. The highest BCUT2D eigenvalue weighted by molar-refractivity contribution is 5.81. The van der Waals surface area contributed by atoms with Crippen LogP contribution in [0.15, 0.2) is 36.5 Å². The predicted octanol–water partition coefficient (Wildman–Crippen LogP) is 2.28. The Morgan fingerprint density at radius 2 is 2.21 bits per heavy atom. The molecule has 0 bridgehead atoms. The van der Waals surface area contributed by atoms with E-state index < -0.39 is 0 Å². The molecular weight excluding hydrogens is 234 g/mol. The van der Waals surface area contributed by atoms with Crippen LogP contribution in [0.2, 0.25) is 0 Å². The fraction of sp³-hybridized carbons (Fsp3) is 0.438. The van der Waals surface area contributed by atoms with Gasteiger partial charge in [-0.25, -0.2) is 0 Å². The van der Waals surface area contributed by atoms with Gasteiger partial charge < -0.3 is 5.32 Å². The number of pyridine rings is 1. The molecule has 3 heteroatoms. The van der Waals surface area contributed by atoms with Gasteiger partial charge in [-0.05, 0) is 50.2 Å². The van der Waals surface area contributed by atoms with Crippen molar-refractivity contribution in [3.05, 3.63) is 42.1 Å². The van der Waals surface area contributed by atoms with Crippen LogP contribution < -0.4 is 5.32 Å². The zero-order valence-electron chi connectivity index (χ0n) is 11.5. The number of fused-ring (bicyclic) bond motifs is 1. The van der Waals surface area contributed by atoms with Gasteiger partial charge in [-0.2, -0.15) is 0 Å². The maximum atomic E-state index is 4.43. The molecule has 1 N–H and O–H groups in total. The van der Waals surface area contributed by atoms with Crippen molar-refractivity contribution >= 4 is 10.9 Å². The maximum absolute atomic E-state index is 4.43. The molecule has 3 rings (SSSR count). The molecule has 0 amide bonds. The van der Waals surface area contributed by atoms with Crippen molar-refractivity contribution in [1.82, 2.24) is 15.2 Å². The number of aromatic nitrogens is 1. The Bertz CT molecular complexity index is 547. The molecule has 1 atom stereocenters. The Kier molecular flexibility index (Phi) is 3.76. The molecule has 2 aromatic rings. The topological polar surface area (TPSA) is 28.2 Å². The van der Waals surface area contributed by atoms with Crippen LogP contribution in [0.1, 0.15) is 12.0 Å². The lowest BCUT2D eigenvalue weighted by atomic mass is 10.1. The van der Waals surface area contributed by atoms with E-state index in [1.54, 1.807) is 0 Å². The van der Waals surface area contributed by atoms with Crippen molar-refractivity contribution in [2.45, 2.75) is 13.0 Å². The minimum absolute atomic E-state index is 0.804. The van der Waals surface area contributed by atoms with Gasteiger partial charge in [0.2, 0.25) is 0 Å². The first kappa shape index (κ1) is 12.6. The summed E-state index contributed by atoms with van der Waals surface area (Å²) in [6, 6.07) is 10.6. The molecular formula is C16H21N3. The van der Waals surface area contributed by atoms with Crippen LogP contribution in [-0.2, 0) is 6.54 Å². The van der Waals surface area contributed by atoms with Gasteiger partial charge >= 0.3 is 0 Å². The lowest BCUT2D eigenvalue weighted by Gasteiger charge is -2.17. The Hall–Kier alpha value is -1.45. The number of para-hydroxylation sites is 1. The minimum atomic E-state index is 0.804. The Morgan fingerprint density at radius 3 is 3.11 bits per heavy atom. The summed E-state index contributed by atoms with van der Waals surface area (Å²) in [4.78, 5) is 6.99. The number of benzene rings is 1. The highest BCUT2D eigenvalue weighted by Gasteiger charge is 2.22. The summed E-state index contributed by atoms with van der Waals surface area (Å²) in [7, 11) is 2.04. The average Bonchev–Trinajstić information content (AvgIpc) is 2.87. The van der Waals surface area contributed by atoms with Crippen LogP contribution >= 0.6 is 0 Å². The van der Waals surface area contributed by atoms with Gasteiger partial charge in [0.05, 0.1) is 5.52 Å². The first-order chi connectivity index (χ1) is 9.36. The van der Waals surface area contributed by atoms with Crippen LogP contribution in [0.5, 0.6) is 0 Å². The van der Waals surface area contributed by atoms with Gasteiger partial charge in [-0.15, -0.1) is 0 Å². The number of rotatable bonds is 4. The summed E-state index contributed by atoms with van der Waals surface area (Å²) >= 11 is 0. The average molecular weight is 255 g/mol. The van der Waals surface area contributed by atoms with E-state index in [4.69, 9.17) is 0 Å². The van der Waals surface area contributed by atoms with E-state index in [-0.39, 0.29) is 0 Å². The fourth-order valence-electron chi connectivity index (χ4n) is 3.05. The van der Waals surface area contributed by atoms with E-state index in [1.807, 2.05) is 13.2 Å². The van der Waals surface area contributed by atoms with E-state index in [0.29, 0.717) is 0 Å². The van der Waals surface area contributed by atoms with Crippen LogP contribution in [0.4, 0.5) is 0 Å². The summed E-state index contributed by atoms with van der Waals surface area (Å²) in [5.41, 5.74) is 2.50. The summed E-state index contributed by atoms with van der Waals surface area (Å²) in [5.74, 6) is 0.804. The van der Waals surface area contributed by atoms with Gasteiger partial charge in [0, 0.05) is 24.7 Å². The lowest BCUT2D eigenvalue weighted by Crippen LogP contribution is -2.24. The predicted molar refractivity (Wildman–Crippen MR) is 79.1 cm³/mol. The Morgan fingerprint density at radius 1 is 1.32 bits per heavy atom. The molecule has 1 aliphatic heterocycles. The van der Waals surface area contributed by atoms with E-state index in [2.05, 4.69) is 45.5 Å². The minimum Gasteiger partial charge on any atom is -0.319 e. The Balaban J connectivity index is 1.75. The summed E-state index contributed by atoms with van der Waals surface area (Å²) in [5, 5.41) is 4.58. The molecule has 1 aromatic carbocycles. The third-order valence-corrected chi connectivity index (χ3v) is 4.00. The van der Waals surface area contributed by atoms with E-state index in [0.717, 1.165) is 24.5 Å². The van der Waals surface area contributed by atoms with E-state index in [1.165, 1.54) is 30.5 Å². The summed E-state index contributed by atoms with van der Waals surface area (Å²) < 4.78 is 0. The van der Waals surface area contributed by atoms with Crippen molar-refractivity contribution in [3.8, 4) is 0 Å². The highest BCUT2D eigenvalue weighted by Crippen LogP contribution is 2.22. The first-order valence-corrected chi connectivity index (χ1v) is 7.06. The van der Waals surface area contributed by atoms with Crippen molar-refractivity contribution < 1.29 is 0 Å². The van der Waals surface area contributed by atoms with Crippen LogP contribution in [-0.4, -0.2) is 36.6 Å². The van der Waals surface area contributed by atoms with Crippen molar-refractivity contribution in [3.63, 3.8) is 0 Å². The zero-order chi connectivity index (χ0) is 13.1. The standard InChI is InChI=1S/C16H21N3/c1-17-10-13-7-9-19(11-13)12-14-6-8-18-16-5-3-2-4-15(14)16/h2-6,8,13,17H,7,9-12H2,1H3. The molecule has 100 valence electrons. The van der Waals surface area contributed by atoms with E-state index >= 15 is 0 Å². The van der Waals surface area contributed by atoms with Gasteiger partial charge in [0.25, 0.3) is 0 Å². The molecule has 1 saturated heterocycles. The second-order valence-corrected chi connectivity index (χ2v) is 5.43. The van der Waals surface area contributed by atoms with Gasteiger partial charge in [-0.1, -0.05) is 18.2 Å². The van der Waals surface area contributed by atoms with Gasteiger partial charge in [0.15, 0.2) is 0 Å². The summed E-state index contributed by atoms with van der Waals surface area (Å²) in [6.45, 7) is 4.59. The van der Waals surface area contributed by atoms with Crippen LogP contribution in [0, 0.1) is 5.92 Å². The highest BCUT2D eigenvalue weighted by atomic mass is 15.1. The van der Waals surface area contributed by atoms with Crippen LogP contribution in [0.3, 0.4) is 0 Å². The quantitative estimate of drug-likeness (QED) is 0.908. The molecule has 1 aliphatic rings. The smallest absolute Gasteiger partial charge is 0.0705 e. The largest absolute Gasteiger partial charge is 0.319 e. The van der Waals surface area contributed by atoms with Gasteiger partial charge in [-0.3, -0.25) is 9.88 Å².